The topological polar surface area (TPSA) is 81.4 Å². The highest BCUT2D eigenvalue weighted by Crippen LogP contribution is 2.01. The summed E-state index contributed by atoms with van der Waals surface area (Å²) in [5.41, 5.74) is 5.00. The van der Waals surface area contributed by atoms with Crippen LogP contribution in [-0.2, 0) is 14.3 Å². The van der Waals surface area contributed by atoms with Crippen LogP contribution in [0.2, 0.25) is 0 Å². The molecule has 68 valence electrons. The van der Waals surface area contributed by atoms with Gasteiger partial charge in [0.05, 0.1) is 12.6 Å². The Morgan fingerprint density at radius 2 is 2.25 bits per heavy atom. The average Bonchev–Trinajstić information content (AvgIpc) is 2.04. The van der Waals surface area contributed by atoms with E-state index in [0.717, 1.165) is 0 Å². The second kappa shape index (κ2) is 3.64. The predicted molar refractivity (Wildman–Crippen MR) is 41.4 cm³/mol. The van der Waals surface area contributed by atoms with Crippen molar-refractivity contribution >= 4 is 11.7 Å². The summed E-state index contributed by atoms with van der Waals surface area (Å²) in [6.45, 7) is 2.02. The van der Waals surface area contributed by atoms with Crippen LogP contribution < -0.4 is 11.1 Å². The monoisotopic (exact) mass is 172 g/mol. The molecular formula is C7H12N2O3. The molecule has 2 atom stereocenters. The molecule has 12 heavy (non-hydrogen) atoms. The molecule has 0 aliphatic carbocycles. The van der Waals surface area contributed by atoms with Gasteiger partial charge in [0, 0.05) is 6.54 Å². The van der Waals surface area contributed by atoms with E-state index < -0.39 is 12.0 Å². The summed E-state index contributed by atoms with van der Waals surface area (Å²) in [5.74, 6) is -0.484. The molecule has 0 aromatic heterocycles. The molecule has 3 N–H and O–H groups in total. The van der Waals surface area contributed by atoms with E-state index in [4.69, 9.17) is 10.5 Å². The zero-order valence-corrected chi connectivity index (χ0v) is 6.87. The number of amides is 1. The van der Waals surface area contributed by atoms with Gasteiger partial charge in [-0.15, -0.1) is 0 Å². The minimum atomic E-state index is -0.597. The number of carbonyl (C=O) groups is 2. The fourth-order valence-corrected chi connectivity index (χ4v) is 1.02. The van der Waals surface area contributed by atoms with E-state index in [2.05, 4.69) is 5.32 Å². The standard InChI is InChI=1S/C7H12N2O3/c1-4(10)5-3-12-6(2-9-5)7(8)11/h5-6,9H,2-3H2,1H3,(H2,8,11). The molecular weight excluding hydrogens is 160 g/mol. The third-order valence-electron chi connectivity index (χ3n) is 1.82. The Morgan fingerprint density at radius 3 is 2.58 bits per heavy atom. The second-order valence-electron chi connectivity index (χ2n) is 2.80. The molecule has 0 saturated carbocycles. The first-order valence-corrected chi connectivity index (χ1v) is 3.76. The molecule has 1 aliphatic heterocycles. The van der Waals surface area contributed by atoms with Crippen LogP contribution in [0.1, 0.15) is 6.92 Å². The highest BCUT2D eigenvalue weighted by atomic mass is 16.5. The summed E-state index contributed by atoms with van der Waals surface area (Å²) in [5, 5.41) is 2.87. The quantitative estimate of drug-likeness (QED) is 0.526. The third kappa shape index (κ3) is 2.02. The minimum absolute atomic E-state index is 0.0120. The molecule has 1 rings (SSSR count). The number of rotatable bonds is 2. The van der Waals surface area contributed by atoms with Crippen LogP contribution in [-0.4, -0.2) is 37.0 Å². The number of nitrogens with two attached hydrogens (primary N) is 1. The van der Waals surface area contributed by atoms with Gasteiger partial charge < -0.3 is 15.8 Å². The van der Waals surface area contributed by atoms with E-state index >= 15 is 0 Å². The summed E-state index contributed by atoms with van der Waals surface area (Å²) in [6, 6.07) is -0.291. The molecule has 1 aliphatic rings. The van der Waals surface area contributed by atoms with Crippen molar-refractivity contribution in [2.75, 3.05) is 13.2 Å². The molecule has 1 saturated heterocycles. The largest absolute Gasteiger partial charge is 0.367 e. The lowest BCUT2D eigenvalue weighted by Gasteiger charge is -2.26. The van der Waals surface area contributed by atoms with Gasteiger partial charge in [0.15, 0.2) is 0 Å². The first-order chi connectivity index (χ1) is 5.61. The van der Waals surface area contributed by atoms with E-state index in [-0.39, 0.29) is 18.4 Å². The van der Waals surface area contributed by atoms with Crippen molar-refractivity contribution in [3.8, 4) is 0 Å². The molecule has 2 unspecified atom stereocenters. The molecule has 0 spiro atoms. The van der Waals surface area contributed by atoms with Gasteiger partial charge >= 0.3 is 0 Å². The SMILES string of the molecule is CC(=O)C1COC(C(N)=O)CN1. The Hall–Kier alpha value is -0.940. The van der Waals surface area contributed by atoms with Crippen LogP contribution in [0.3, 0.4) is 0 Å². The summed E-state index contributed by atoms with van der Waals surface area (Å²) in [4.78, 5) is 21.4. The molecule has 0 radical (unpaired) electrons. The fourth-order valence-electron chi connectivity index (χ4n) is 1.02. The van der Waals surface area contributed by atoms with Gasteiger partial charge in [-0.05, 0) is 6.92 Å². The van der Waals surface area contributed by atoms with Gasteiger partial charge in [0.25, 0.3) is 0 Å². The molecule has 5 heteroatoms. The molecule has 0 aromatic rings. The summed E-state index contributed by atoms with van der Waals surface area (Å²) < 4.78 is 5.06. The normalized spacial score (nSPS) is 29.8. The van der Waals surface area contributed by atoms with Crippen molar-refractivity contribution in [1.82, 2.24) is 5.32 Å². The molecule has 1 fully saturated rings. The van der Waals surface area contributed by atoms with Gasteiger partial charge in [0.1, 0.15) is 11.9 Å². The number of nitrogens with one attached hydrogen (secondary N) is 1. The summed E-state index contributed by atoms with van der Waals surface area (Å²) >= 11 is 0. The van der Waals surface area contributed by atoms with Gasteiger partial charge in [-0.1, -0.05) is 0 Å². The number of ether oxygens (including phenoxy) is 1. The number of hydrogen-bond acceptors (Lipinski definition) is 4. The zero-order chi connectivity index (χ0) is 9.14. The minimum Gasteiger partial charge on any atom is -0.367 e. The van der Waals surface area contributed by atoms with E-state index in [1.54, 1.807) is 0 Å². The lowest BCUT2D eigenvalue weighted by molar-refractivity contribution is -0.136. The number of ketones is 1. The Labute approximate surface area is 70.2 Å². The van der Waals surface area contributed by atoms with Crippen LogP contribution in [0, 0.1) is 0 Å². The molecule has 1 amide bonds. The average molecular weight is 172 g/mol. The molecule has 5 nitrogen and oxygen atoms in total. The van der Waals surface area contributed by atoms with Crippen molar-refractivity contribution in [3.63, 3.8) is 0 Å². The number of carbonyl (C=O) groups excluding carboxylic acids is 2. The maximum atomic E-state index is 10.8. The van der Waals surface area contributed by atoms with Gasteiger partial charge in [0.2, 0.25) is 5.91 Å². The first kappa shape index (κ1) is 9.15. The molecule has 0 bridgehead atoms. The van der Waals surface area contributed by atoms with Gasteiger partial charge in [-0.25, -0.2) is 0 Å². The van der Waals surface area contributed by atoms with Crippen LogP contribution in [0.5, 0.6) is 0 Å². The number of morpholine rings is 1. The highest BCUT2D eigenvalue weighted by Gasteiger charge is 2.26. The maximum absolute atomic E-state index is 10.8. The number of Topliss-reactive ketones (excluding diaryl/α,β-unsaturated/α-hetero) is 1. The van der Waals surface area contributed by atoms with Crippen LogP contribution in [0.4, 0.5) is 0 Å². The zero-order valence-electron chi connectivity index (χ0n) is 6.87. The van der Waals surface area contributed by atoms with E-state index in [1.165, 1.54) is 6.92 Å². The van der Waals surface area contributed by atoms with Crippen molar-refractivity contribution < 1.29 is 14.3 Å². The van der Waals surface area contributed by atoms with Crippen molar-refractivity contribution in [1.29, 1.82) is 0 Å². The summed E-state index contributed by atoms with van der Waals surface area (Å²) in [6.07, 6.45) is -0.597. The Kier molecular flexibility index (Phi) is 2.78. The van der Waals surface area contributed by atoms with Crippen molar-refractivity contribution in [3.05, 3.63) is 0 Å². The Morgan fingerprint density at radius 1 is 1.58 bits per heavy atom. The first-order valence-electron chi connectivity index (χ1n) is 3.76. The lowest BCUT2D eigenvalue weighted by atomic mass is 10.1. The van der Waals surface area contributed by atoms with Crippen LogP contribution in [0.15, 0.2) is 0 Å². The fraction of sp³-hybridized carbons (Fsp3) is 0.714. The van der Waals surface area contributed by atoms with E-state index in [9.17, 15) is 9.59 Å². The predicted octanol–water partition coefficient (Wildman–Crippen LogP) is -1.58. The van der Waals surface area contributed by atoms with Crippen molar-refractivity contribution in [2.24, 2.45) is 5.73 Å². The smallest absolute Gasteiger partial charge is 0.247 e. The molecule has 1 heterocycles. The third-order valence-corrected chi connectivity index (χ3v) is 1.82. The Bertz CT molecular complexity index is 175. The molecule has 0 aromatic carbocycles. The van der Waals surface area contributed by atoms with Gasteiger partial charge in [-0.3, -0.25) is 9.59 Å². The van der Waals surface area contributed by atoms with E-state index in [1.807, 2.05) is 0 Å². The lowest BCUT2D eigenvalue weighted by Crippen LogP contribution is -2.53. The highest BCUT2D eigenvalue weighted by molar-refractivity contribution is 5.83. The van der Waals surface area contributed by atoms with Crippen LogP contribution >= 0.6 is 0 Å². The van der Waals surface area contributed by atoms with Crippen molar-refractivity contribution in [2.45, 2.75) is 19.1 Å². The van der Waals surface area contributed by atoms with E-state index in [0.29, 0.717) is 6.54 Å². The Balaban J connectivity index is 2.39. The van der Waals surface area contributed by atoms with Crippen LogP contribution in [0.25, 0.3) is 0 Å². The number of primary amides is 1. The number of hydrogen-bond donors (Lipinski definition) is 2. The summed E-state index contributed by atoms with van der Waals surface area (Å²) in [7, 11) is 0. The second-order valence-corrected chi connectivity index (χ2v) is 2.80. The van der Waals surface area contributed by atoms with Gasteiger partial charge in [-0.2, -0.15) is 0 Å². The maximum Gasteiger partial charge on any atom is 0.247 e.